The molecular weight excluding hydrogens is 278 g/mol. The van der Waals surface area contributed by atoms with Gasteiger partial charge in [0.1, 0.15) is 6.54 Å². The summed E-state index contributed by atoms with van der Waals surface area (Å²) in [5.41, 5.74) is 2.94. The van der Waals surface area contributed by atoms with Gasteiger partial charge in [-0.2, -0.15) is 10.2 Å². The highest BCUT2D eigenvalue weighted by Crippen LogP contribution is 2.21. The van der Waals surface area contributed by atoms with Gasteiger partial charge in [0, 0.05) is 19.3 Å². The maximum Gasteiger partial charge on any atom is 0.249 e. The van der Waals surface area contributed by atoms with Gasteiger partial charge in [-0.3, -0.25) is 19.5 Å². The molecule has 2 aromatic heterocycles. The molecule has 0 atom stereocenters. The van der Waals surface area contributed by atoms with Crippen LogP contribution in [-0.4, -0.2) is 32.9 Å². The van der Waals surface area contributed by atoms with Crippen LogP contribution in [0, 0.1) is 6.92 Å². The smallest absolute Gasteiger partial charge is 0.249 e. The Bertz CT molecular complexity index is 775. The molecule has 3 aromatic rings. The first kappa shape index (κ1) is 14.1. The van der Waals surface area contributed by atoms with E-state index in [2.05, 4.69) is 15.3 Å². The minimum absolute atomic E-state index is 0.0748. The average Bonchev–Trinajstić information content (AvgIpc) is 3.17. The van der Waals surface area contributed by atoms with Crippen molar-refractivity contribution < 1.29 is 4.79 Å². The molecule has 0 aliphatic heterocycles. The molecule has 0 unspecified atom stereocenters. The molecule has 6 nitrogen and oxygen atoms in total. The normalized spacial score (nSPS) is 10.6. The summed E-state index contributed by atoms with van der Waals surface area (Å²) in [6.07, 6.45) is 3.57. The number of likely N-dealkylation sites (N-methyl/N-ethyl adjacent to an activating group) is 1. The Hall–Kier alpha value is -2.89. The van der Waals surface area contributed by atoms with E-state index in [1.807, 2.05) is 49.5 Å². The van der Waals surface area contributed by atoms with Crippen LogP contribution in [0.3, 0.4) is 0 Å². The molecule has 0 radical (unpaired) electrons. The lowest BCUT2D eigenvalue weighted by Gasteiger charge is -2.13. The second-order valence-electron chi connectivity index (χ2n) is 5.17. The standard InChI is InChI=1S/C16H17N5O/c1-12-9-17-21(10-12)11-16(22)20(2)15-8-14(18-19-15)13-6-4-3-5-7-13/h3-10H,11H2,1-2H3,(H,18,19). The molecule has 2 heterocycles. The zero-order valence-electron chi connectivity index (χ0n) is 12.5. The van der Waals surface area contributed by atoms with E-state index in [0.29, 0.717) is 5.82 Å². The molecule has 0 aliphatic rings. The lowest BCUT2D eigenvalue weighted by Crippen LogP contribution is -2.30. The van der Waals surface area contributed by atoms with Gasteiger partial charge in [0.2, 0.25) is 5.91 Å². The van der Waals surface area contributed by atoms with Crippen LogP contribution in [0.2, 0.25) is 0 Å². The lowest BCUT2D eigenvalue weighted by molar-refractivity contribution is -0.119. The molecule has 0 saturated carbocycles. The SMILES string of the molecule is Cc1cnn(CC(=O)N(C)c2cc(-c3ccccc3)[nH]n2)c1. The molecule has 1 N–H and O–H groups in total. The number of carbonyl (C=O) groups is 1. The highest BCUT2D eigenvalue weighted by atomic mass is 16.2. The summed E-state index contributed by atoms with van der Waals surface area (Å²) >= 11 is 0. The quantitative estimate of drug-likeness (QED) is 0.802. The van der Waals surface area contributed by atoms with Gasteiger partial charge in [-0.05, 0) is 18.1 Å². The van der Waals surface area contributed by atoms with Crippen LogP contribution in [-0.2, 0) is 11.3 Å². The molecule has 3 rings (SSSR count). The zero-order chi connectivity index (χ0) is 15.5. The van der Waals surface area contributed by atoms with Gasteiger partial charge in [0.25, 0.3) is 0 Å². The summed E-state index contributed by atoms with van der Waals surface area (Å²) < 4.78 is 1.62. The van der Waals surface area contributed by atoms with Crippen molar-refractivity contribution in [3.8, 4) is 11.3 Å². The first-order valence-electron chi connectivity index (χ1n) is 7.00. The molecule has 0 bridgehead atoms. The number of aromatic amines is 1. The number of rotatable bonds is 4. The molecular formula is C16H17N5O. The average molecular weight is 295 g/mol. The van der Waals surface area contributed by atoms with Crippen molar-refractivity contribution >= 4 is 11.7 Å². The number of amides is 1. The summed E-state index contributed by atoms with van der Waals surface area (Å²) in [5, 5.41) is 11.3. The molecule has 0 aliphatic carbocycles. The molecule has 0 saturated heterocycles. The van der Waals surface area contributed by atoms with Gasteiger partial charge in [-0.15, -0.1) is 0 Å². The number of carbonyl (C=O) groups excluding carboxylic acids is 1. The Balaban J connectivity index is 1.73. The highest BCUT2D eigenvalue weighted by Gasteiger charge is 2.15. The fourth-order valence-electron chi connectivity index (χ4n) is 2.17. The number of benzene rings is 1. The van der Waals surface area contributed by atoms with Crippen molar-refractivity contribution in [3.05, 3.63) is 54.4 Å². The van der Waals surface area contributed by atoms with Crippen LogP contribution in [0.1, 0.15) is 5.56 Å². The minimum atomic E-state index is -0.0748. The topological polar surface area (TPSA) is 66.8 Å². The van der Waals surface area contributed by atoms with Gasteiger partial charge in [0.15, 0.2) is 5.82 Å². The van der Waals surface area contributed by atoms with Crippen molar-refractivity contribution in [2.75, 3.05) is 11.9 Å². The van der Waals surface area contributed by atoms with Gasteiger partial charge in [0.05, 0.1) is 11.9 Å². The molecule has 0 fully saturated rings. The lowest BCUT2D eigenvalue weighted by atomic mass is 10.1. The van der Waals surface area contributed by atoms with Crippen LogP contribution >= 0.6 is 0 Å². The van der Waals surface area contributed by atoms with E-state index >= 15 is 0 Å². The zero-order valence-corrected chi connectivity index (χ0v) is 12.5. The fourth-order valence-corrected chi connectivity index (χ4v) is 2.17. The highest BCUT2D eigenvalue weighted by molar-refractivity contribution is 5.92. The Morgan fingerprint density at radius 1 is 1.32 bits per heavy atom. The van der Waals surface area contributed by atoms with E-state index in [-0.39, 0.29) is 12.5 Å². The monoisotopic (exact) mass is 295 g/mol. The maximum absolute atomic E-state index is 12.3. The Morgan fingerprint density at radius 2 is 2.09 bits per heavy atom. The van der Waals surface area contributed by atoms with Crippen LogP contribution in [0.25, 0.3) is 11.3 Å². The maximum atomic E-state index is 12.3. The molecule has 22 heavy (non-hydrogen) atoms. The van der Waals surface area contributed by atoms with Crippen LogP contribution in [0.15, 0.2) is 48.8 Å². The summed E-state index contributed by atoms with van der Waals surface area (Å²) in [6, 6.07) is 11.7. The van der Waals surface area contributed by atoms with E-state index in [0.717, 1.165) is 16.8 Å². The van der Waals surface area contributed by atoms with Crippen molar-refractivity contribution in [3.63, 3.8) is 0 Å². The van der Waals surface area contributed by atoms with E-state index < -0.39 is 0 Å². The minimum Gasteiger partial charge on any atom is -0.297 e. The number of aromatic nitrogens is 4. The predicted octanol–water partition coefficient (Wildman–Crippen LogP) is 2.24. The largest absolute Gasteiger partial charge is 0.297 e. The summed E-state index contributed by atoms with van der Waals surface area (Å²) in [7, 11) is 1.71. The van der Waals surface area contributed by atoms with Crippen molar-refractivity contribution in [2.45, 2.75) is 13.5 Å². The number of hydrogen-bond acceptors (Lipinski definition) is 3. The van der Waals surface area contributed by atoms with Gasteiger partial charge < -0.3 is 0 Å². The van der Waals surface area contributed by atoms with E-state index in [1.54, 1.807) is 17.9 Å². The first-order valence-corrected chi connectivity index (χ1v) is 7.00. The number of nitrogens with one attached hydrogen (secondary N) is 1. The van der Waals surface area contributed by atoms with Crippen molar-refractivity contribution in [1.82, 2.24) is 20.0 Å². The molecule has 6 heteroatoms. The van der Waals surface area contributed by atoms with Crippen LogP contribution in [0.5, 0.6) is 0 Å². The Morgan fingerprint density at radius 3 is 2.77 bits per heavy atom. The first-order chi connectivity index (χ1) is 10.6. The number of nitrogens with zero attached hydrogens (tertiary/aromatic N) is 4. The third-order valence-corrected chi connectivity index (χ3v) is 3.43. The molecule has 1 aromatic carbocycles. The number of hydrogen-bond donors (Lipinski definition) is 1. The number of anilines is 1. The van der Waals surface area contributed by atoms with Crippen molar-refractivity contribution in [1.29, 1.82) is 0 Å². The van der Waals surface area contributed by atoms with Crippen LogP contribution < -0.4 is 4.90 Å². The summed E-state index contributed by atoms with van der Waals surface area (Å²) in [6.45, 7) is 2.13. The third-order valence-electron chi connectivity index (χ3n) is 3.43. The second-order valence-corrected chi connectivity index (χ2v) is 5.17. The Labute approximate surface area is 128 Å². The summed E-state index contributed by atoms with van der Waals surface area (Å²) in [4.78, 5) is 13.8. The van der Waals surface area contributed by atoms with Crippen LogP contribution in [0.4, 0.5) is 5.82 Å². The molecule has 0 spiro atoms. The third kappa shape index (κ3) is 2.90. The number of aryl methyl sites for hydroxylation is 1. The van der Waals surface area contributed by atoms with Gasteiger partial charge in [-0.25, -0.2) is 0 Å². The Kier molecular flexibility index (Phi) is 3.74. The van der Waals surface area contributed by atoms with E-state index in [9.17, 15) is 4.79 Å². The molecule has 112 valence electrons. The predicted molar refractivity (Wildman–Crippen MR) is 84.4 cm³/mol. The summed E-state index contributed by atoms with van der Waals surface area (Å²) in [5.74, 6) is 0.516. The van der Waals surface area contributed by atoms with Crippen molar-refractivity contribution in [2.24, 2.45) is 0 Å². The fraction of sp³-hybridized carbons (Fsp3) is 0.188. The van der Waals surface area contributed by atoms with E-state index in [4.69, 9.17) is 0 Å². The van der Waals surface area contributed by atoms with E-state index in [1.165, 1.54) is 4.90 Å². The molecule has 1 amide bonds. The van der Waals surface area contributed by atoms with Gasteiger partial charge in [-0.1, -0.05) is 30.3 Å². The number of H-pyrrole nitrogens is 1. The second kappa shape index (κ2) is 5.85. The van der Waals surface area contributed by atoms with Gasteiger partial charge >= 0.3 is 0 Å².